The van der Waals surface area contributed by atoms with Crippen molar-refractivity contribution >= 4 is 41.0 Å². The Kier molecular flexibility index (Phi) is 4.99. The fourth-order valence-electron chi connectivity index (χ4n) is 2.91. The van der Waals surface area contributed by atoms with Gasteiger partial charge in [-0.05, 0) is 54.7 Å². The summed E-state index contributed by atoms with van der Waals surface area (Å²) in [6.45, 7) is 2.05. The maximum Gasteiger partial charge on any atom is 0.253 e. The number of amides is 2. The lowest BCUT2D eigenvalue weighted by Gasteiger charge is -2.08. The normalized spacial score (nSPS) is 10.9. The zero-order chi connectivity index (χ0) is 18.8. The van der Waals surface area contributed by atoms with Crippen LogP contribution in [0.25, 0.3) is 22.0 Å². The topological polar surface area (TPSA) is 117 Å². The molecule has 3 aromatic rings. The van der Waals surface area contributed by atoms with Crippen LogP contribution in [0.5, 0.6) is 0 Å². The number of aromatic amines is 1. The molecule has 0 radical (unpaired) electrons. The van der Waals surface area contributed by atoms with Gasteiger partial charge in [0.25, 0.3) is 5.91 Å². The molecule has 26 heavy (non-hydrogen) atoms. The molecule has 1 heterocycles. The van der Waals surface area contributed by atoms with Crippen molar-refractivity contribution in [2.24, 2.45) is 11.6 Å². The summed E-state index contributed by atoms with van der Waals surface area (Å²) in [7, 11) is 1.88. The second kappa shape index (κ2) is 7.20. The first-order valence-electron chi connectivity index (χ1n) is 7.85. The van der Waals surface area contributed by atoms with Crippen molar-refractivity contribution in [2.45, 2.75) is 11.8 Å². The number of aromatic nitrogens is 1. The van der Waals surface area contributed by atoms with Crippen LogP contribution < -0.4 is 21.3 Å². The maximum absolute atomic E-state index is 11.8. The third-order valence-corrected chi connectivity index (χ3v) is 5.00. The summed E-state index contributed by atoms with van der Waals surface area (Å²) >= 11 is 1.56. The Morgan fingerprint density at radius 2 is 1.92 bits per heavy atom. The second-order valence-electron chi connectivity index (χ2n) is 5.77. The lowest BCUT2D eigenvalue weighted by atomic mass is 10.0. The van der Waals surface area contributed by atoms with Crippen molar-refractivity contribution in [3.8, 4) is 11.1 Å². The molecule has 0 fully saturated rings. The average molecular weight is 369 g/mol. The third kappa shape index (κ3) is 3.17. The van der Waals surface area contributed by atoms with Crippen LogP contribution in [-0.4, -0.2) is 24.3 Å². The third-order valence-electron chi connectivity index (χ3n) is 4.12. The number of aryl methyl sites for hydroxylation is 1. The second-order valence-corrected chi connectivity index (χ2v) is 6.82. The van der Waals surface area contributed by atoms with E-state index in [0.29, 0.717) is 17.3 Å². The van der Waals surface area contributed by atoms with E-state index in [4.69, 9.17) is 11.6 Å². The number of hydrogen-bond donors (Lipinski definition) is 4. The van der Waals surface area contributed by atoms with Crippen LogP contribution in [0.15, 0.2) is 41.3 Å². The molecule has 8 heteroatoms. The monoisotopic (exact) mass is 369 g/mol. The first-order chi connectivity index (χ1) is 12.5. The Hall–Kier alpha value is -2.81. The predicted molar refractivity (Wildman–Crippen MR) is 105 cm³/mol. The van der Waals surface area contributed by atoms with Gasteiger partial charge in [0.15, 0.2) is 0 Å². The molecule has 0 aliphatic rings. The van der Waals surface area contributed by atoms with Crippen LogP contribution in [0.4, 0.5) is 5.82 Å². The minimum atomic E-state index is -0.652. The van der Waals surface area contributed by atoms with E-state index < -0.39 is 5.91 Å². The molecule has 0 spiro atoms. The first kappa shape index (κ1) is 18.0. The largest absolute Gasteiger partial charge is 0.365 e. The van der Waals surface area contributed by atoms with Gasteiger partial charge in [0.1, 0.15) is 5.82 Å². The number of anilines is 1. The number of nitrogens with one attached hydrogen (secondary N) is 2. The van der Waals surface area contributed by atoms with E-state index in [0.717, 1.165) is 26.6 Å². The zero-order valence-corrected chi connectivity index (χ0v) is 15.2. The van der Waals surface area contributed by atoms with Crippen LogP contribution in [0.3, 0.4) is 0 Å². The Morgan fingerprint density at radius 1 is 1.23 bits per heavy atom. The van der Waals surface area contributed by atoms with Crippen molar-refractivity contribution < 1.29 is 9.59 Å². The Labute approximate surface area is 154 Å². The van der Waals surface area contributed by atoms with E-state index in [-0.39, 0.29) is 11.4 Å². The smallest absolute Gasteiger partial charge is 0.253 e. The van der Waals surface area contributed by atoms with Crippen LogP contribution in [0.2, 0.25) is 0 Å². The number of benzene rings is 2. The fraction of sp³-hybridized carbons (Fsp3) is 0.111. The van der Waals surface area contributed by atoms with Crippen molar-refractivity contribution in [1.82, 2.24) is 9.71 Å². The Bertz CT molecular complexity index is 999. The standard InChI is InChI=1S/C18H19N5O2S/c1-10-7-11(4-6-15(10)26-21-2)12-3-5-13-14(8-12)22-18(23(20)9-24)16(13)17(19)25/h3-9,21-22H,20H2,1-2H3,(H2,19,25). The number of carbonyl (C=O) groups excluding carboxylic acids is 2. The van der Waals surface area contributed by atoms with Crippen LogP contribution in [0, 0.1) is 6.92 Å². The molecule has 6 N–H and O–H groups in total. The molecule has 0 aliphatic heterocycles. The van der Waals surface area contributed by atoms with Gasteiger partial charge in [-0.15, -0.1) is 0 Å². The molecule has 0 atom stereocenters. The van der Waals surface area contributed by atoms with E-state index in [1.54, 1.807) is 18.0 Å². The number of nitrogens with two attached hydrogens (primary N) is 2. The van der Waals surface area contributed by atoms with Crippen LogP contribution in [0.1, 0.15) is 15.9 Å². The highest BCUT2D eigenvalue weighted by molar-refractivity contribution is 7.97. The molecule has 0 unspecified atom stereocenters. The number of hydrogen-bond acceptors (Lipinski definition) is 5. The molecular weight excluding hydrogens is 350 g/mol. The number of H-pyrrole nitrogens is 1. The molecule has 3 rings (SSSR count). The van der Waals surface area contributed by atoms with E-state index in [2.05, 4.69) is 28.8 Å². The molecule has 0 bridgehead atoms. The number of hydrazine groups is 1. The Morgan fingerprint density at radius 3 is 2.54 bits per heavy atom. The van der Waals surface area contributed by atoms with Gasteiger partial charge in [-0.25, -0.2) is 10.9 Å². The van der Waals surface area contributed by atoms with Crippen molar-refractivity contribution in [2.75, 3.05) is 12.1 Å². The van der Waals surface area contributed by atoms with Gasteiger partial charge in [-0.1, -0.05) is 24.3 Å². The summed E-state index contributed by atoms with van der Waals surface area (Å²) in [5, 5.41) is 1.43. The number of carbonyl (C=O) groups is 2. The summed E-state index contributed by atoms with van der Waals surface area (Å²) in [5.74, 6) is 5.15. The molecule has 7 nitrogen and oxygen atoms in total. The number of primary amides is 1. The summed E-state index contributed by atoms with van der Waals surface area (Å²) in [4.78, 5) is 27.0. The van der Waals surface area contributed by atoms with Gasteiger partial charge in [0, 0.05) is 15.8 Å². The highest BCUT2D eigenvalue weighted by atomic mass is 32.2. The summed E-state index contributed by atoms with van der Waals surface area (Å²) in [5.41, 5.74) is 9.50. The molecule has 134 valence electrons. The minimum absolute atomic E-state index is 0.177. The average Bonchev–Trinajstić information content (AvgIpc) is 3.01. The van der Waals surface area contributed by atoms with Gasteiger partial charge in [-0.2, -0.15) is 0 Å². The van der Waals surface area contributed by atoms with Crippen molar-refractivity contribution in [3.63, 3.8) is 0 Å². The van der Waals surface area contributed by atoms with Crippen molar-refractivity contribution in [3.05, 3.63) is 47.5 Å². The zero-order valence-electron chi connectivity index (χ0n) is 14.4. The SMILES string of the molecule is CNSc1ccc(-c2ccc3c(C(N)=O)c(N(N)C=O)[nH]c3c2)cc1C. The predicted octanol–water partition coefficient (Wildman–Crippen LogP) is 2.31. The summed E-state index contributed by atoms with van der Waals surface area (Å²) < 4.78 is 3.07. The maximum atomic E-state index is 11.8. The fourth-order valence-corrected chi connectivity index (χ4v) is 3.49. The molecule has 0 saturated carbocycles. The van der Waals surface area contributed by atoms with E-state index in [1.807, 2.05) is 25.2 Å². The number of fused-ring (bicyclic) bond motifs is 1. The van der Waals surface area contributed by atoms with Gasteiger partial charge in [-0.3, -0.25) is 14.3 Å². The molecule has 0 aliphatic carbocycles. The van der Waals surface area contributed by atoms with Crippen LogP contribution in [-0.2, 0) is 4.79 Å². The Balaban J connectivity index is 2.11. The summed E-state index contributed by atoms with van der Waals surface area (Å²) in [6.07, 6.45) is 0.416. The van der Waals surface area contributed by atoms with Gasteiger partial charge >= 0.3 is 0 Å². The van der Waals surface area contributed by atoms with Gasteiger partial charge in [0.2, 0.25) is 6.41 Å². The molecule has 2 aromatic carbocycles. The summed E-state index contributed by atoms with van der Waals surface area (Å²) in [6, 6.07) is 11.8. The van der Waals surface area contributed by atoms with E-state index in [1.165, 1.54) is 0 Å². The number of rotatable bonds is 6. The quantitative estimate of drug-likeness (QED) is 0.175. The van der Waals surface area contributed by atoms with Crippen LogP contribution >= 0.6 is 11.9 Å². The molecule has 1 aromatic heterocycles. The minimum Gasteiger partial charge on any atom is -0.365 e. The van der Waals surface area contributed by atoms with Gasteiger partial charge in [0.05, 0.1) is 5.56 Å². The molecule has 0 saturated heterocycles. The van der Waals surface area contributed by atoms with Gasteiger partial charge < -0.3 is 10.7 Å². The van der Waals surface area contributed by atoms with E-state index >= 15 is 0 Å². The lowest BCUT2D eigenvalue weighted by Crippen LogP contribution is -2.31. The lowest BCUT2D eigenvalue weighted by molar-refractivity contribution is -0.107. The van der Waals surface area contributed by atoms with Crippen molar-refractivity contribution in [1.29, 1.82) is 0 Å². The molecular formula is C18H19N5O2S. The number of nitrogens with zero attached hydrogens (tertiary/aromatic N) is 1. The highest BCUT2D eigenvalue weighted by Gasteiger charge is 2.19. The first-order valence-corrected chi connectivity index (χ1v) is 8.67. The molecule has 2 amide bonds. The highest BCUT2D eigenvalue weighted by Crippen LogP contribution is 2.32. The van der Waals surface area contributed by atoms with E-state index in [9.17, 15) is 9.59 Å².